The summed E-state index contributed by atoms with van der Waals surface area (Å²) in [5, 5.41) is 38.5. The highest BCUT2D eigenvalue weighted by Crippen LogP contribution is 2.56. The van der Waals surface area contributed by atoms with Crippen molar-refractivity contribution in [3.63, 3.8) is 0 Å². The normalized spacial score (nSPS) is 48.4. The summed E-state index contributed by atoms with van der Waals surface area (Å²) in [7, 11) is 0. The number of ether oxygens (including phenoxy) is 2. The lowest BCUT2D eigenvalue weighted by Gasteiger charge is -2.38. The summed E-state index contributed by atoms with van der Waals surface area (Å²) in [6, 6.07) is 0. The van der Waals surface area contributed by atoms with E-state index in [1.165, 1.54) is 0 Å². The van der Waals surface area contributed by atoms with Crippen LogP contribution in [0, 0.1) is 29.6 Å². The first-order valence-electron chi connectivity index (χ1n) is 9.31. The summed E-state index contributed by atoms with van der Waals surface area (Å²) in [5.74, 6) is 1.90. The molecule has 2 aliphatic heterocycles. The Hall–Kier alpha value is -0.240. The Bertz CT molecular complexity index is 416. The number of aliphatic hydroxyl groups is 4. The quantitative estimate of drug-likeness (QED) is 0.548. The summed E-state index contributed by atoms with van der Waals surface area (Å²) in [4.78, 5) is 0. The lowest BCUT2D eigenvalue weighted by Crippen LogP contribution is -2.47. The van der Waals surface area contributed by atoms with Gasteiger partial charge >= 0.3 is 0 Å². The van der Waals surface area contributed by atoms with Gasteiger partial charge < -0.3 is 29.9 Å². The van der Waals surface area contributed by atoms with Crippen molar-refractivity contribution < 1.29 is 29.9 Å². The highest BCUT2D eigenvalue weighted by molar-refractivity contribution is 5.06. The van der Waals surface area contributed by atoms with E-state index in [-0.39, 0.29) is 44.1 Å². The molecular weight excluding hydrogens is 312 g/mol. The average molecular weight is 344 g/mol. The second kappa shape index (κ2) is 7.56. The van der Waals surface area contributed by atoms with E-state index in [9.17, 15) is 20.4 Å². The molecule has 3 fully saturated rings. The molecule has 24 heavy (non-hydrogen) atoms. The van der Waals surface area contributed by atoms with Crippen LogP contribution in [0.2, 0.25) is 0 Å². The van der Waals surface area contributed by atoms with E-state index in [2.05, 4.69) is 13.8 Å². The van der Waals surface area contributed by atoms with Crippen LogP contribution in [-0.2, 0) is 9.47 Å². The molecule has 3 rings (SSSR count). The molecule has 0 radical (unpaired) electrons. The van der Waals surface area contributed by atoms with Crippen LogP contribution in [0.1, 0.15) is 33.1 Å². The Kier molecular flexibility index (Phi) is 5.84. The summed E-state index contributed by atoms with van der Waals surface area (Å²) in [5.41, 5.74) is 0. The van der Waals surface area contributed by atoms with Crippen molar-refractivity contribution in [3.8, 4) is 0 Å². The fourth-order valence-corrected chi connectivity index (χ4v) is 4.87. The third kappa shape index (κ3) is 3.50. The van der Waals surface area contributed by atoms with Gasteiger partial charge in [0, 0.05) is 0 Å². The van der Waals surface area contributed by atoms with Crippen LogP contribution in [0.5, 0.6) is 0 Å². The maximum Gasteiger partial charge on any atom is 0.107 e. The zero-order chi connectivity index (χ0) is 17.4. The maximum atomic E-state index is 10.1. The molecule has 0 aromatic heterocycles. The van der Waals surface area contributed by atoms with E-state index >= 15 is 0 Å². The molecule has 3 aliphatic rings. The molecule has 1 saturated carbocycles. The van der Waals surface area contributed by atoms with E-state index < -0.39 is 12.2 Å². The summed E-state index contributed by atoms with van der Waals surface area (Å²) >= 11 is 0. The summed E-state index contributed by atoms with van der Waals surface area (Å²) < 4.78 is 11.8. The SMILES string of the molecule is CC(C)C1CC2C(CC3CC(O)C(CO)OC3CO)C2OC1CO. The van der Waals surface area contributed by atoms with Gasteiger partial charge in [-0.1, -0.05) is 13.8 Å². The summed E-state index contributed by atoms with van der Waals surface area (Å²) in [6.45, 7) is 4.11. The van der Waals surface area contributed by atoms with Gasteiger partial charge in [-0.25, -0.2) is 0 Å². The molecule has 2 saturated heterocycles. The topological polar surface area (TPSA) is 99.4 Å². The molecule has 140 valence electrons. The van der Waals surface area contributed by atoms with Gasteiger partial charge in [0.15, 0.2) is 0 Å². The standard InChI is InChI=1S/C18H32O6/c1-9(2)11-5-13-12(18(13)24-16(11)7-20)3-10-4-14(22)17(8-21)23-15(10)6-19/h9-22H,3-8H2,1-2H3. The van der Waals surface area contributed by atoms with Crippen LogP contribution in [0.3, 0.4) is 0 Å². The Labute approximate surface area is 143 Å². The zero-order valence-corrected chi connectivity index (χ0v) is 14.6. The fourth-order valence-electron chi connectivity index (χ4n) is 4.87. The van der Waals surface area contributed by atoms with Gasteiger partial charge in [0.25, 0.3) is 0 Å². The van der Waals surface area contributed by atoms with E-state index in [1.807, 2.05) is 0 Å². The van der Waals surface area contributed by atoms with Crippen LogP contribution in [0.15, 0.2) is 0 Å². The first-order valence-corrected chi connectivity index (χ1v) is 9.31. The van der Waals surface area contributed by atoms with Gasteiger partial charge in [-0.15, -0.1) is 0 Å². The molecule has 0 bridgehead atoms. The van der Waals surface area contributed by atoms with Gasteiger partial charge in [-0.05, 0) is 48.9 Å². The molecule has 6 nitrogen and oxygen atoms in total. The minimum absolute atomic E-state index is 0.0709. The molecule has 0 aromatic carbocycles. The average Bonchev–Trinajstić information content (AvgIpc) is 3.25. The lowest BCUT2D eigenvalue weighted by atomic mass is 9.83. The predicted molar refractivity (Wildman–Crippen MR) is 87.2 cm³/mol. The van der Waals surface area contributed by atoms with Crippen LogP contribution in [0.25, 0.3) is 0 Å². The second-order valence-electron chi connectivity index (χ2n) is 8.17. The molecule has 2 heterocycles. The van der Waals surface area contributed by atoms with Crippen molar-refractivity contribution in [2.45, 2.75) is 63.6 Å². The largest absolute Gasteiger partial charge is 0.394 e. The molecule has 9 unspecified atom stereocenters. The number of rotatable bonds is 6. The van der Waals surface area contributed by atoms with Gasteiger partial charge in [0.1, 0.15) is 6.10 Å². The van der Waals surface area contributed by atoms with Crippen molar-refractivity contribution in [1.82, 2.24) is 0 Å². The lowest BCUT2D eigenvalue weighted by molar-refractivity contribution is -0.171. The van der Waals surface area contributed by atoms with E-state index in [0.29, 0.717) is 30.1 Å². The minimum atomic E-state index is -0.682. The highest BCUT2D eigenvalue weighted by atomic mass is 16.5. The Morgan fingerprint density at radius 2 is 1.58 bits per heavy atom. The van der Waals surface area contributed by atoms with Crippen LogP contribution < -0.4 is 0 Å². The number of fused-ring (bicyclic) bond motifs is 1. The van der Waals surface area contributed by atoms with Gasteiger partial charge in [0.2, 0.25) is 0 Å². The number of hydrogen-bond acceptors (Lipinski definition) is 6. The van der Waals surface area contributed by atoms with Crippen molar-refractivity contribution >= 4 is 0 Å². The minimum Gasteiger partial charge on any atom is -0.394 e. The van der Waals surface area contributed by atoms with E-state index in [1.54, 1.807) is 0 Å². The molecule has 9 atom stereocenters. The Morgan fingerprint density at radius 1 is 0.917 bits per heavy atom. The van der Waals surface area contributed by atoms with Crippen LogP contribution >= 0.6 is 0 Å². The molecular formula is C18H32O6. The van der Waals surface area contributed by atoms with Gasteiger partial charge in [-0.3, -0.25) is 0 Å². The highest BCUT2D eigenvalue weighted by Gasteiger charge is 2.58. The maximum absolute atomic E-state index is 10.1. The molecule has 0 amide bonds. The number of aliphatic hydroxyl groups excluding tert-OH is 4. The molecule has 4 N–H and O–H groups in total. The van der Waals surface area contributed by atoms with Gasteiger partial charge in [0.05, 0.1) is 44.2 Å². The Balaban J connectivity index is 1.59. The first kappa shape index (κ1) is 18.5. The summed E-state index contributed by atoms with van der Waals surface area (Å²) in [6.07, 6.45) is 1.00. The number of hydrogen-bond donors (Lipinski definition) is 4. The monoisotopic (exact) mass is 344 g/mol. The molecule has 0 spiro atoms. The predicted octanol–water partition coefficient (Wildman–Crippen LogP) is 0.164. The smallest absolute Gasteiger partial charge is 0.107 e. The van der Waals surface area contributed by atoms with Crippen molar-refractivity contribution in [2.75, 3.05) is 19.8 Å². The van der Waals surface area contributed by atoms with Crippen molar-refractivity contribution in [2.24, 2.45) is 29.6 Å². The second-order valence-corrected chi connectivity index (χ2v) is 8.17. The fraction of sp³-hybridized carbons (Fsp3) is 1.00. The molecule has 6 heteroatoms. The van der Waals surface area contributed by atoms with E-state index in [0.717, 1.165) is 12.8 Å². The zero-order valence-electron chi connectivity index (χ0n) is 14.6. The van der Waals surface area contributed by atoms with Gasteiger partial charge in [-0.2, -0.15) is 0 Å². The van der Waals surface area contributed by atoms with Crippen molar-refractivity contribution in [1.29, 1.82) is 0 Å². The third-order valence-corrected chi connectivity index (χ3v) is 6.43. The van der Waals surface area contributed by atoms with Crippen LogP contribution in [0.4, 0.5) is 0 Å². The molecule has 1 aliphatic carbocycles. The third-order valence-electron chi connectivity index (χ3n) is 6.43. The van der Waals surface area contributed by atoms with Crippen molar-refractivity contribution in [3.05, 3.63) is 0 Å². The van der Waals surface area contributed by atoms with E-state index in [4.69, 9.17) is 9.47 Å². The van der Waals surface area contributed by atoms with Crippen LogP contribution in [-0.4, -0.2) is 70.8 Å². The molecule has 0 aromatic rings. The Morgan fingerprint density at radius 3 is 2.17 bits per heavy atom. The first-order chi connectivity index (χ1) is 11.5.